The van der Waals surface area contributed by atoms with Gasteiger partial charge in [-0.2, -0.15) is 0 Å². The van der Waals surface area contributed by atoms with E-state index in [0.717, 1.165) is 64.9 Å². The highest BCUT2D eigenvalue weighted by molar-refractivity contribution is 6.35. The Kier molecular flexibility index (Phi) is 5.04. The predicted octanol–water partition coefficient (Wildman–Crippen LogP) is 5.77. The molecule has 3 heterocycles. The standard InChI is InChI=1S/C22H19Cl3N4/c23-16-5-4-15(18(25)12-16)14-27-8-10-28(11-9-27)19-2-1-3-20-22(19)26-13-21-17(24)6-7-29(20)21/h1-7,12-13H,8-11,14H2. The van der Waals surface area contributed by atoms with Crippen LogP contribution in [0.4, 0.5) is 5.69 Å². The average Bonchev–Trinajstić information content (AvgIpc) is 3.12. The fourth-order valence-corrected chi connectivity index (χ4v) is 4.68. The summed E-state index contributed by atoms with van der Waals surface area (Å²) in [6, 6.07) is 14.0. The molecule has 0 unspecified atom stereocenters. The van der Waals surface area contributed by atoms with Gasteiger partial charge in [0, 0.05) is 49.0 Å². The van der Waals surface area contributed by atoms with E-state index >= 15 is 0 Å². The first-order valence-corrected chi connectivity index (χ1v) is 10.7. The molecular formula is C22H19Cl3N4. The average molecular weight is 446 g/mol. The molecule has 1 aliphatic rings. The lowest BCUT2D eigenvalue weighted by molar-refractivity contribution is 0.250. The van der Waals surface area contributed by atoms with Gasteiger partial charge in [-0.25, -0.2) is 0 Å². The lowest BCUT2D eigenvalue weighted by Crippen LogP contribution is -2.46. The molecule has 0 bridgehead atoms. The van der Waals surface area contributed by atoms with Crippen LogP contribution >= 0.6 is 34.8 Å². The van der Waals surface area contributed by atoms with Crippen LogP contribution in [0.2, 0.25) is 15.1 Å². The first-order chi connectivity index (χ1) is 14.1. The highest BCUT2D eigenvalue weighted by atomic mass is 35.5. The predicted molar refractivity (Wildman–Crippen MR) is 122 cm³/mol. The van der Waals surface area contributed by atoms with Crippen LogP contribution in [-0.4, -0.2) is 40.5 Å². The van der Waals surface area contributed by atoms with Gasteiger partial charge in [0.2, 0.25) is 0 Å². The number of nitrogens with zero attached hydrogens (tertiary/aromatic N) is 4. The second kappa shape index (κ2) is 7.69. The summed E-state index contributed by atoms with van der Waals surface area (Å²) in [4.78, 5) is 9.57. The van der Waals surface area contributed by atoms with Crippen molar-refractivity contribution >= 4 is 57.0 Å². The van der Waals surface area contributed by atoms with Crippen LogP contribution in [0.5, 0.6) is 0 Å². The van der Waals surface area contributed by atoms with E-state index in [0.29, 0.717) is 5.02 Å². The van der Waals surface area contributed by atoms with E-state index in [1.807, 2.05) is 36.7 Å². The van der Waals surface area contributed by atoms with Crippen molar-refractivity contribution in [1.82, 2.24) is 14.3 Å². The van der Waals surface area contributed by atoms with Crippen LogP contribution in [0.1, 0.15) is 5.56 Å². The molecule has 0 saturated carbocycles. The van der Waals surface area contributed by atoms with Gasteiger partial charge in [-0.15, -0.1) is 0 Å². The number of benzene rings is 2. The fourth-order valence-electron chi connectivity index (χ4n) is 4.02. The summed E-state index contributed by atoms with van der Waals surface area (Å²) in [6.07, 6.45) is 3.85. The molecule has 4 aromatic rings. The van der Waals surface area contributed by atoms with Gasteiger partial charge in [-0.05, 0) is 35.9 Å². The molecule has 0 N–H and O–H groups in total. The Morgan fingerprint density at radius 3 is 2.48 bits per heavy atom. The summed E-state index contributed by atoms with van der Waals surface area (Å²) in [5.41, 5.74) is 5.28. The van der Waals surface area contributed by atoms with Gasteiger partial charge in [-0.3, -0.25) is 9.88 Å². The van der Waals surface area contributed by atoms with Gasteiger partial charge in [0.15, 0.2) is 0 Å². The van der Waals surface area contributed by atoms with E-state index in [1.165, 1.54) is 5.69 Å². The maximum atomic E-state index is 6.35. The first-order valence-electron chi connectivity index (χ1n) is 9.56. The van der Waals surface area contributed by atoms with Crippen molar-refractivity contribution in [3.05, 3.63) is 75.5 Å². The van der Waals surface area contributed by atoms with Crippen molar-refractivity contribution in [2.45, 2.75) is 6.54 Å². The summed E-state index contributed by atoms with van der Waals surface area (Å²) < 4.78 is 2.10. The number of halogens is 3. The third kappa shape index (κ3) is 3.55. The van der Waals surface area contributed by atoms with Crippen LogP contribution in [0, 0.1) is 0 Å². The fraction of sp³-hybridized carbons (Fsp3) is 0.227. The highest BCUT2D eigenvalue weighted by Crippen LogP contribution is 2.30. The van der Waals surface area contributed by atoms with E-state index in [2.05, 4.69) is 32.4 Å². The number of piperazine rings is 1. The minimum absolute atomic E-state index is 0.671. The summed E-state index contributed by atoms with van der Waals surface area (Å²) in [5, 5.41) is 2.12. The summed E-state index contributed by atoms with van der Waals surface area (Å²) >= 11 is 18.6. The Bertz CT molecular complexity index is 1200. The second-order valence-electron chi connectivity index (χ2n) is 7.32. The number of hydrogen-bond donors (Lipinski definition) is 0. The molecule has 148 valence electrons. The van der Waals surface area contributed by atoms with Gasteiger partial charge < -0.3 is 9.30 Å². The summed E-state index contributed by atoms with van der Waals surface area (Å²) in [5.74, 6) is 0. The molecule has 0 spiro atoms. The van der Waals surface area contributed by atoms with Crippen LogP contribution in [0.25, 0.3) is 16.6 Å². The quantitative estimate of drug-likeness (QED) is 0.400. The molecule has 5 rings (SSSR count). The van der Waals surface area contributed by atoms with Gasteiger partial charge in [0.05, 0.1) is 27.9 Å². The molecule has 29 heavy (non-hydrogen) atoms. The molecule has 4 nitrogen and oxygen atoms in total. The van der Waals surface area contributed by atoms with Crippen molar-refractivity contribution in [3.63, 3.8) is 0 Å². The van der Waals surface area contributed by atoms with E-state index in [1.54, 1.807) is 0 Å². The molecular weight excluding hydrogens is 427 g/mol. The molecule has 1 saturated heterocycles. The first kappa shape index (κ1) is 19.0. The van der Waals surface area contributed by atoms with E-state index in [4.69, 9.17) is 39.8 Å². The molecule has 0 aliphatic carbocycles. The number of anilines is 1. The molecule has 0 atom stereocenters. The lowest BCUT2D eigenvalue weighted by Gasteiger charge is -2.36. The van der Waals surface area contributed by atoms with Gasteiger partial charge in [0.1, 0.15) is 5.52 Å². The second-order valence-corrected chi connectivity index (χ2v) is 8.57. The monoisotopic (exact) mass is 444 g/mol. The van der Waals surface area contributed by atoms with Crippen molar-refractivity contribution in [3.8, 4) is 0 Å². The van der Waals surface area contributed by atoms with E-state index < -0.39 is 0 Å². The van der Waals surface area contributed by atoms with Crippen molar-refractivity contribution < 1.29 is 0 Å². The van der Waals surface area contributed by atoms with Crippen LogP contribution < -0.4 is 4.90 Å². The Morgan fingerprint density at radius 2 is 1.69 bits per heavy atom. The number of rotatable bonds is 3. The maximum Gasteiger partial charge on any atom is 0.110 e. The van der Waals surface area contributed by atoms with Crippen LogP contribution in [0.15, 0.2) is 54.9 Å². The molecule has 2 aromatic carbocycles. The zero-order chi connectivity index (χ0) is 20.0. The molecule has 1 fully saturated rings. The molecule has 7 heteroatoms. The maximum absolute atomic E-state index is 6.35. The topological polar surface area (TPSA) is 23.8 Å². The zero-order valence-corrected chi connectivity index (χ0v) is 17.9. The van der Waals surface area contributed by atoms with Crippen molar-refractivity contribution in [2.24, 2.45) is 0 Å². The molecule has 0 amide bonds. The highest BCUT2D eigenvalue weighted by Gasteiger charge is 2.20. The zero-order valence-electron chi connectivity index (χ0n) is 15.7. The Morgan fingerprint density at radius 1 is 0.862 bits per heavy atom. The minimum Gasteiger partial charge on any atom is -0.367 e. The third-order valence-electron chi connectivity index (χ3n) is 5.57. The van der Waals surface area contributed by atoms with Crippen LogP contribution in [-0.2, 0) is 6.54 Å². The van der Waals surface area contributed by atoms with Gasteiger partial charge in [-0.1, -0.05) is 46.9 Å². The number of aromatic nitrogens is 2. The normalized spacial score (nSPS) is 15.5. The van der Waals surface area contributed by atoms with Crippen molar-refractivity contribution in [1.29, 1.82) is 0 Å². The molecule has 1 aliphatic heterocycles. The summed E-state index contributed by atoms with van der Waals surface area (Å²) in [7, 11) is 0. The Hall–Kier alpha value is -1.98. The van der Waals surface area contributed by atoms with Crippen molar-refractivity contribution in [2.75, 3.05) is 31.1 Å². The number of fused-ring (bicyclic) bond motifs is 3. The Labute approximate surface area is 184 Å². The molecule has 2 aromatic heterocycles. The third-order valence-corrected chi connectivity index (χ3v) is 6.47. The lowest BCUT2D eigenvalue weighted by atomic mass is 10.1. The SMILES string of the molecule is Clc1ccc(CN2CCN(c3cccc4c3ncc3c(Cl)ccn34)CC2)c(Cl)c1. The van der Waals surface area contributed by atoms with E-state index in [-0.39, 0.29) is 0 Å². The number of hydrogen-bond acceptors (Lipinski definition) is 3. The largest absolute Gasteiger partial charge is 0.367 e. The summed E-state index contributed by atoms with van der Waals surface area (Å²) in [6.45, 7) is 4.65. The smallest absolute Gasteiger partial charge is 0.110 e. The Balaban J connectivity index is 1.37. The van der Waals surface area contributed by atoms with E-state index in [9.17, 15) is 0 Å². The minimum atomic E-state index is 0.671. The van der Waals surface area contributed by atoms with Crippen LogP contribution in [0.3, 0.4) is 0 Å². The number of para-hydroxylation sites is 1. The van der Waals surface area contributed by atoms with Gasteiger partial charge in [0.25, 0.3) is 0 Å². The van der Waals surface area contributed by atoms with Gasteiger partial charge >= 0.3 is 0 Å². The molecule has 0 radical (unpaired) electrons.